The summed E-state index contributed by atoms with van der Waals surface area (Å²) in [6, 6.07) is 18.4. The number of ether oxygens (including phenoxy) is 3. The maximum absolute atomic E-state index is 12.4. The number of nitrogens with one attached hydrogen (secondary N) is 2. The predicted molar refractivity (Wildman–Crippen MR) is 130 cm³/mol. The van der Waals surface area contributed by atoms with Gasteiger partial charge in [0.15, 0.2) is 11.5 Å². The lowest BCUT2D eigenvalue weighted by Gasteiger charge is -2.09. The van der Waals surface area contributed by atoms with Crippen LogP contribution in [0.2, 0.25) is 0 Å². The van der Waals surface area contributed by atoms with Crippen molar-refractivity contribution in [2.75, 3.05) is 20.8 Å². The van der Waals surface area contributed by atoms with Gasteiger partial charge in [-0.2, -0.15) is 5.10 Å². The van der Waals surface area contributed by atoms with Crippen LogP contribution in [0.1, 0.15) is 31.8 Å². The van der Waals surface area contributed by atoms with E-state index < -0.39 is 11.9 Å². The second kappa shape index (κ2) is 12.0. The molecular weight excluding hydrogens is 450 g/mol. The molecule has 0 unspecified atom stereocenters. The monoisotopic (exact) mass is 475 g/mol. The topological polar surface area (TPSA) is 115 Å². The smallest absolute Gasteiger partial charge is 0.343 e. The Morgan fingerprint density at radius 1 is 0.914 bits per heavy atom. The highest BCUT2D eigenvalue weighted by Gasteiger charge is 2.13. The summed E-state index contributed by atoms with van der Waals surface area (Å²) in [7, 11) is 2.99. The van der Waals surface area contributed by atoms with Crippen LogP contribution in [-0.4, -0.2) is 44.8 Å². The van der Waals surface area contributed by atoms with E-state index in [4.69, 9.17) is 14.2 Å². The minimum Gasteiger partial charge on any atom is -0.493 e. The maximum atomic E-state index is 12.4. The van der Waals surface area contributed by atoms with Crippen molar-refractivity contribution >= 4 is 24.0 Å². The predicted octanol–water partition coefficient (Wildman–Crippen LogP) is 3.11. The summed E-state index contributed by atoms with van der Waals surface area (Å²) in [5.74, 6) is -0.0832. The second-order valence-electron chi connectivity index (χ2n) is 7.32. The Bertz CT molecular complexity index is 1240. The van der Waals surface area contributed by atoms with Crippen molar-refractivity contribution in [1.82, 2.24) is 10.7 Å². The number of aryl methyl sites for hydroxylation is 1. The van der Waals surface area contributed by atoms with Gasteiger partial charge >= 0.3 is 5.97 Å². The third-order valence-corrected chi connectivity index (χ3v) is 4.91. The van der Waals surface area contributed by atoms with Gasteiger partial charge in [-0.05, 0) is 66.6 Å². The molecule has 0 heterocycles. The van der Waals surface area contributed by atoms with Crippen LogP contribution < -0.4 is 25.0 Å². The molecule has 0 aliphatic carbocycles. The first-order chi connectivity index (χ1) is 16.9. The van der Waals surface area contributed by atoms with E-state index in [1.807, 2.05) is 19.1 Å². The van der Waals surface area contributed by atoms with E-state index in [1.165, 1.54) is 26.5 Å². The summed E-state index contributed by atoms with van der Waals surface area (Å²) in [6.07, 6.45) is 1.43. The number of rotatable bonds is 9. The largest absolute Gasteiger partial charge is 0.493 e. The van der Waals surface area contributed by atoms with Crippen LogP contribution in [0.5, 0.6) is 17.2 Å². The van der Waals surface area contributed by atoms with E-state index >= 15 is 0 Å². The lowest BCUT2D eigenvalue weighted by atomic mass is 10.1. The van der Waals surface area contributed by atoms with E-state index in [0.717, 1.165) is 5.56 Å². The van der Waals surface area contributed by atoms with Gasteiger partial charge in [-0.3, -0.25) is 9.59 Å². The van der Waals surface area contributed by atoms with Crippen molar-refractivity contribution in [2.45, 2.75) is 6.92 Å². The number of hydrogen-bond acceptors (Lipinski definition) is 7. The first-order valence-corrected chi connectivity index (χ1v) is 10.6. The number of carbonyl (C=O) groups is 3. The normalized spacial score (nSPS) is 10.5. The minimum atomic E-state index is -0.549. The van der Waals surface area contributed by atoms with Crippen LogP contribution >= 0.6 is 0 Å². The molecule has 0 saturated heterocycles. The third kappa shape index (κ3) is 6.91. The molecule has 180 valence electrons. The maximum Gasteiger partial charge on any atom is 0.343 e. The number of nitrogens with zero attached hydrogens (tertiary/aromatic N) is 1. The fraction of sp³-hybridized carbons (Fsp3) is 0.154. The highest BCUT2D eigenvalue weighted by atomic mass is 16.5. The number of esters is 1. The van der Waals surface area contributed by atoms with Crippen LogP contribution in [0.25, 0.3) is 0 Å². The molecule has 2 amide bonds. The Balaban J connectivity index is 1.48. The molecule has 0 bridgehead atoms. The van der Waals surface area contributed by atoms with E-state index in [9.17, 15) is 14.4 Å². The first-order valence-electron chi connectivity index (χ1n) is 10.6. The average molecular weight is 476 g/mol. The molecule has 9 nitrogen and oxygen atoms in total. The first kappa shape index (κ1) is 25.0. The van der Waals surface area contributed by atoms with Gasteiger partial charge in [0.25, 0.3) is 11.8 Å². The lowest BCUT2D eigenvalue weighted by molar-refractivity contribution is -0.120. The van der Waals surface area contributed by atoms with E-state index in [2.05, 4.69) is 15.8 Å². The SMILES string of the molecule is COc1ccc(C(=O)Oc2ccc(C=NNC(=O)CNC(=O)c3ccccc3C)cc2)cc1OC. The van der Waals surface area contributed by atoms with Gasteiger partial charge < -0.3 is 19.5 Å². The Morgan fingerprint density at radius 2 is 1.63 bits per heavy atom. The van der Waals surface area contributed by atoms with Gasteiger partial charge in [0.05, 0.1) is 32.5 Å². The van der Waals surface area contributed by atoms with E-state index in [1.54, 1.807) is 48.5 Å². The molecule has 3 aromatic carbocycles. The van der Waals surface area contributed by atoms with Crippen LogP contribution in [-0.2, 0) is 4.79 Å². The van der Waals surface area contributed by atoms with Crippen molar-refractivity contribution < 1.29 is 28.6 Å². The molecule has 0 radical (unpaired) electrons. The summed E-state index contributed by atoms with van der Waals surface area (Å²) >= 11 is 0. The molecule has 0 aromatic heterocycles. The third-order valence-electron chi connectivity index (χ3n) is 4.91. The van der Waals surface area contributed by atoms with Crippen molar-refractivity contribution in [2.24, 2.45) is 5.10 Å². The molecule has 0 aliphatic heterocycles. The summed E-state index contributed by atoms with van der Waals surface area (Å²) < 4.78 is 15.7. The molecule has 0 saturated carbocycles. The highest BCUT2D eigenvalue weighted by Crippen LogP contribution is 2.28. The standard InChI is InChI=1S/C26H25N3O6/c1-17-6-4-5-7-21(17)25(31)27-16-24(30)29-28-15-18-8-11-20(12-9-18)35-26(32)19-10-13-22(33-2)23(14-19)34-3/h4-15H,16H2,1-3H3,(H,27,31)(H,29,30). The number of carbonyl (C=O) groups excluding carboxylic acids is 3. The highest BCUT2D eigenvalue weighted by molar-refractivity contribution is 5.97. The van der Waals surface area contributed by atoms with Crippen LogP contribution in [0.4, 0.5) is 0 Å². The van der Waals surface area contributed by atoms with Crippen LogP contribution in [0, 0.1) is 6.92 Å². The lowest BCUT2D eigenvalue weighted by Crippen LogP contribution is -2.35. The number of methoxy groups -OCH3 is 2. The molecule has 0 atom stereocenters. The van der Waals surface area contributed by atoms with Crippen LogP contribution in [0.3, 0.4) is 0 Å². The second-order valence-corrected chi connectivity index (χ2v) is 7.32. The molecule has 35 heavy (non-hydrogen) atoms. The fourth-order valence-electron chi connectivity index (χ4n) is 3.05. The van der Waals surface area contributed by atoms with Crippen molar-refractivity contribution in [3.05, 3.63) is 89.0 Å². The minimum absolute atomic E-state index is 0.213. The molecule has 0 spiro atoms. The van der Waals surface area contributed by atoms with E-state index in [0.29, 0.717) is 33.9 Å². The molecule has 0 aliphatic rings. The average Bonchev–Trinajstić information content (AvgIpc) is 2.88. The Labute approximate surface area is 202 Å². The molecule has 9 heteroatoms. The number of amides is 2. The summed E-state index contributed by atoms with van der Waals surface area (Å²) in [5, 5.41) is 6.43. The van der Waals surface area contributed by atoms with Gasteiger partial charge in [-0.15, -0.1) is 0 Å². The fourth-order valence-corrected chi connectivity index (χ4v) is 3.05. The van der Waals surface area contributed by atoms with Gasteiger partial charge in [-0.25, -0.2) is 10.2 Å². The summed E-state index contributed by atoms with van der Waals surface area (Å²) in [6.45, 7) is 1.61. The Morgan fingerprint density at radius 3 is 2.31 bits per heavy atom. The summed E-state index contributed by atoms with van der Waals surface area (Å²) in [5.41, 5.74) is 4.66. The zero-order valence-electron chi connectivity index (χ0n) is 19.5. The zero-order chi connectivity index (χ0) is 25.2. The van der Waals surface area contributed by atoms with Crippen molar-refractivity contribution in [1.29, 1.82) is 0 Å². The molecular formula is C26H25N3O6. The molecule has 2 N–H and O–H groups in total. The van der Waals surface area contributed by atoms with Crippen molar-refractivity contribution in [3.63, 3.8) is 0 Å². The zero-order valence-corrected chi connectivity index (χ0v) is 19.5. The Hall–Kier alpha value is -4.66. The van der Waals surface area contributed by atoms with E-state index in [-0.39, 0.29) is 12.5 Å². The Kier molecular flexibility index (Phi) is 8.55. The number of hydrogen-bond donors (Lipinski definition) is 2. The molecule has 3 rings (SSSR count). The summed E-state index contributed by atoms with van der Waals surface area (Å²) in [4.78, 5) is 36.5. The quantitative estimate of drug-likeness (QED) is 0.213. The van der Waals surface area contributed by atoms with Gasteiger partial charge in [-0.1, -0.05) is 18.2 Å². The molecule has 3 aromatic rings. The number of hydrazone groups is 1. The van der Waals surface area contributed by atoms with Gasteiger partial charge in [0, 0.05) is 5.56 Å². The van der Waals surface area contributed by atoms with Gasteiger partial charge in [0.2, 0.25) is 0 Å². The van der Waals surface area contributed by atoms with Gasteiger partial charge in [0.1, 0.15) is 5.75 Å². The van der Waals surface area contributed by atoms with Crippen LogP contribution in [0.15, 0.2) is 71.8 Å². The number of benzene rings is 3. The molecule has 0 fully saturated rings. The van der Waals surface area contributed by atoms with Crippen molar-refractivity contribution in [3.8, 4) is 17.2 Å².